The SMILES string of the molecule is C/C(=N\Nc1nc(Nc2ccc(Cl)cc2)nc(-c2c(F)cccc2F)n1)c1ccc(OC(F)(F)F)cc1. The third-order valence-electron chi connectivity index (χ3n) is 4.75. The van der Waals surface area contributed by atoms with Crippen molar-refractivity contribution in [2.75, 3.05) is 10.7 Å². The van der Waals surface area contributed by atoms with Crippen LogP contribution in [0.2, 0.25) is 5.02 Å². The summed E-state index contributed by atoms with van der Waals surface area (Å²) >= 11 is 5.90. The highest BCUT2D eigenvalue weighted by Gasteiger charge is 2.31. The molecule has 3 aromatic carbocycles. The quantitative estimate of drug-likeness (QED) is 0.152. The number of anilines is 3. The van der Waals surface area contributed by atoms with Crippen LogP contribution >= 0.6 is 11.6 Å². The molecule has 37 heavy (non-hydrogen) atoms. The van der Waals surface area contributed by atoms with Crippen molar-refractivity contribution in [3.05, 3.63) is 89.0 Å². The molecule has 0 aliphatic rings. The molecule has 0 atom stereocenters. The van der Waals surface area contributed by atoms with Crippen LogP contribution < -0.4 is 15.5 Å². The Morgan fingerprint density at radius 2 is 1.49 bits per heavy atom. The summed E-state index contributed by atoms with van der Waals surface area (Å²) in [6, 6.07) is 14.9. The van der Waals surface area contributed by atoms with E-state index in [1.54, 1.807) is 31.2 Å². The van der Waals surface area contributed by atoms with E-state index in [2.05, 4.69) is 35.5 Å². The number of rotatable bonds is 7. The van der Waals surface area contributed by atoms with E-state index in [9.17, 15) is 22.0 Å². The predicted molar refractivity (Wildman–Crippen MR) is 129 cm³/mol. The first-order valence-corrected chi connectivity index (χ1v) is 10.8. The minimum atomic E-state index is -4.81. The van der Waals surface area contributed by atoms with Gasteiger partial charge in [-0.2, -0.15) is 20.1 Å². The molecular formula is C24H16ClF5N6O. The monoisotopic (exact) mass is 534 g/mol. The smallest absolute Gasteiger partial charge is 0.406 e. The Morgan fingerprint density at radius 1 is 0.865 bits per heavy atom. The van der Waals surface area contributed by atoms with Gasteiger partial charge in [-0.15, -0.1) is 13.2 Å². The second-order valence-corrected chi connectivity index (χ2v) is 7.85. The van der Waals surface area contributed by atoms with E-state index in [0.29, 0.717) is 22.0 Å². The van der Waals surface area contributed by atoms with Crippen molar-refractivity contribution in [2.45, 2.75) is 13.3 Å². The molecule has 0 bridgehead atoms. The fraction of sp³-hybridized carbons (Fsp3) is 0.0833. The summed E-state index contributed by atoms with van der Waals surface area (Å²) in [6.07, 6.45) is -4.81. The van der Waals surface area contributed by atoms with Crippen molar-refractivity contribution in [1.29, 1.82) is 0 Å². The highest BCUT2D eigenvalue weighted by atomic mass is 35.5. The number of hydrogen-bond donors (Lipinski definition) is 2. The van der Waals surface area contributed by atoms with Crippen LogP contribution in [0.1, 0.15) is 12.5 Å². The molecule has 0 aliphatic heterocycles. The maximum Gasteiger partial charge on any atom is 0.573 e. The number of benzene rings is 3. The third kappa shape index (κ3) is 6.88. The van der Waals surface area contributed by atoms with Gasteiger partial charge >= 0.3 is 6.36 Å². The lowest BCUT2D eigenvalue weighted by Crippen LogP contribution is -2.17. The summed E-state index contributed by atoms with van der Waals surface area (Å²) in [5.74, 6) is -2.64. The maximum atomic E-state index is 14.4. The topological polar surface area (TPSA) is 84.3 Å². The number of aromatic nitrogens is 3. The number of nitrogens with one attached hydrogen (secondary N) is 2. The molecule has 0 amide bonds. The minimum Gasteiger partial charge on any atom is -0.406 e. The van der Waals surface area contributed by atoms with Crippen molar-refractivity contribution in [3.8, 4) is 17.1 Å². The van der Waals surface area contributed by atoms with Crippen LogP contribution in [-0.4, -0.2) is 27.0 Å². The summed E-state index contributed by atoms with van der Waals surface area (Å²) < 4.78 is 69.8. The van der Waals surface area contributed by atoms with Gasteiger partial charge in [-0.3, -0.25) is 0 Å². The zero-order valence-corrected chi connectivity index (χ0v) is 19.6. The van der Waals surface area contributed by atoms with Gasteiger partial charge in [0.05, 0.1) is 11.3 Å². The summed E-state index contributed by atoms with van der Waals surface area (Å²) in [5, 5.41) is 7.53. The van der Waals surface area contributed by atoms with Gasteiger partial charge in [-0.25, -0.2) is 14.2 Å². The van der Waals surface area contributed by atoms with E-state index in [1.807, 2.05) is 0 Å². The molecule has 0 radical (unpaired) electrons. The average molecular weight is 535 g/mol. The summed E-state index contributed by atoms with van der Waals surface area (Å²) in [7, 11) is 0. The van der Waals surface area contributed by atoms with Crippen LogP contribution in [0.15, 0.2) is 71.8 Å². The highest BCUT2D eigenvalue weighted by Crippen LogP contribution is 2.26. The Labute approximate surface area is 212 Å². The van der Waals surface area contributed by atoms with Gasteiger partial charge in [0, 0.05) is 10.7 Å². The van der Waals surface area contributed by atoms with Gasteiger partial charge in [-0.05, 0) is 73.2 Å². The van der Waals surface area contributed by atoms with Crippen LogP contribution in [0.5, 0.6) is 5.75 Å². The average Bonchev–Trinajstić information content (AvgIpc) is 2.83. The third-order valence-corrected chi connectivity index (χ3v) is 5.00. The molecule has 0 saturated heterocycles. The molecule has 0 spiro atoms. The van der Waals surface area contributed by atoms with Crippen molar-refractivity contribution in [1.82, 2.24) is 15.0 Å². The largest absolute Gasteiger partial charge is 0.573 e. The van der Waals surface area contributed by atoms with Crippen LogP contribution in [0.3, 0.4) is 0 Å². The molecule has 13 heteroatoms. The molecule has 7 nitrogen and oxygen atoms in total. The number of halogens is 6. The second-order valence-electron chi connectivity index (χ2n) is 7.42. The fourth-order valence-corrected chi connectivity index (χ4v) is 3.19. The van der Waals surface area contributed by atoms with E-state index in [4.69, 9.17) is 11.6 Å². The first-order chi connectivity index (χ1) is 17.6. The summed E-state index contributed by atoms with van der Waals surface area (Å²) in [4.78, 5) is 12.4. The number of ether oxygens (including phenoxy) is 1. The zero-order valence-electron chi connectivity index (χ0n) is 18.8. The van der Waals surface area contributed by atoms with E-state index in [-0.39, 0.29) is 23.5 Å². The van der Waals surface area contributed by atoms with E-state index in [0.717, 1.165) is 24.3 Å². The van der Waals surface area contributed by atoms with Crippen molar-refractivity contribution in [2.24, 2.45) is 5.10 Å². The lowest BCUT2D eigenvalue weighted by molar-refractivity contribution is -0.274. The van der Waals surface area contributed by atoms with Crippen molar-refractivity contribution >= 4 is 34.9 Å². The van der Waals surface area contributed by atoms with Crippen LogP contribution in [0.25, 0.3) is 11.4 Å². The lowest BCUT2D eigenvalue weighted by atomic mass is 10.1. The van der Waals surface area contributed by atoms with Crippen molar-refractivity contribution < 1.29 is 26.7 Å². The molecule has 1 aromatic heterocycles. The Morgan fingerprint density at radius 3 is 2.11 bits per heavy atom. The van der Waals surface area contributed by atoms with E-state index >= 15 is 0 Å². The van der Waals surface area contributed by atoms with Crippen LogP contribution in [0, 0.1) is 11.6 Å². The van der Waals surface area contributed by atoms with E-state index < -0.39 is 23.6 Å². The lowest BCUT2D eigenvalue weighted by Gasteiger charge is -2.11. The number of alkyl halides is 3. The van der Waals surface area contributed by atoms with Gasteiger partial charge in [0.2, 0.25) is 11.9 Å². The Hall–Kier alpha value is -4.32. The summed E-state index contributed by atoms with van der Waals surface area (Å²) in [6.45, 7) is 1.58. The van der Waals surface area contributed by atoms with Gasteiger partial charge in [-0.1, -0.05) is 17.7 Å². The first kappa shape index (κ1) is 25.8. The number of hydrazone groups is 1. The van der Waals surface area contributed by atoms with Crippen LogP contribution in [-0.2, 0) is 0 Å². The highest BCUT2D eigenvalue weighted by molar-refractivity contribution is 6.30. The summed E-state index contributed by atoms with van der Waals surface area (Å²) in [5.41, 5.74) is 3.49. The normalized spacial score (nSPS) is 11.8. The van der Waals surface area contributed by atoms with E-state index in [1.165, 1.54) is 18.2 Å². The first-order valence-electron chi connectivity index (χ1n) is 10.5. The Balaban J connectivity index is 1.64. The molecule has 190 valence electrons. The van der Waals surface area contributed by atoms with Crippen LogP contribution in [0.4, 0.5) is 39.5 Å². The van der Waals surface area contributed by atoms with Gasteiger partial charge < -0.3 is 10.1 Å². The molecule has 4 aromatic rings. The van der Waals surface area contributed by atoms with Gasteiger partial charge in [0.1, 0.15) is 17.4 Å². The minimum absolute atomic E-state index is 0.0426. The molecule has 0 aliphatic carbocycles. The maximum absolute atomic E-state index is 14.4. The Bertz CT molecular complexity index is 1410. The molecule has 0 saturated carbocycles. The predicted octanol–water partition coefficient (Wildman–Crippen LogP) is 6.95. The second kappa shape index (κ2) is 10.7. The molecule has 2 N–H and O–H groups in total. The number of nitrogens with zero attached hydrogens (tertiary/aromatic N) is 4. The van der Waals surface area contributed by atoms with Crippen molar-refractivity contribution in [3.63, 3.8) is 0 Å². The molecular weight excluding hydrogens is 519 g/mol. The molecule has 0 unspecified atom stereocenters. The molecule has 4 rings (SSSR count). The fourth-order valence-electron chi connectivity index (χ4n) is 3.06. The molecule has 0 fully saturated rings. The molecule has 1 heterocycles. The Kier molecular flexibility index (Phi) is 7.48. The van der Waals surface area contributed by atoms with Gasteiger partial charge in [0.25, 0.3) is 0 Å². The number of hydrogen-bond acceptors (Lipinski definition) is 7. The zero-order chi connectivity index (χ0) is 26.6. The standard InChI is InChI=1S/C24H16ClF5N6O/c1-13(14-5-11-17(12-6-14)37-24(28,29)30)35-36-23-33-21(20-18(26)3-2-4-19(20)27)32-22(34-23)31-16-9-7-15(25)8-10-16/h2-12H,1H3,(H2,31,32,33,34,36)/b35-13+. The van der Waals surface area contributed by atoms with Gasteiger partial charge in [0.15, 0.2) is 5.82 Å².